The number of furan rings is 1. The Morgan fingerprint density at radius 3 is 2.79 bits per heavy atom. The topological polar surface area (TPSA) is 67.6 Å². The summed E-state index contributed by atoms with van der Waals surface area (Å²) in [5.41, 5.74) is 0. The monoisotopic (exact) mass is 276 g/mol. The summed E-state index contributed by atoms with van der Waals surface area (Å²) in [6.45, 7) is 6.59. The summed E-state index contributed by atoms with van der Waals surface area (Å²) in [7, 11) is 0. The van der Waals surface area contributed by atoms with Gasteiger partial charge >= 0.3 is 0 Å². The first-order valence-corrected chi connectivity index (χ1v) is 7.01. The summed E-state index contributed by atoms with van der Waals surface area (Å²) in [5, 5.41) is 17.9. The summed E-state index contributed by atoms with van der Waals surface area (Å²) in [4.78, 5) is 0. The van der Waals surface area contributed by atoms with Crippen LogP contribution < -0.4 is 0 Å². The van der Waals surface area contributed by atoms with Gasteiger partial charge in [-0.2, -0.15) is 5.26 Å². The molecule has 0 saturated carbocycles. The van der Waals surface area contributed by atoms with Crippen LogP contribution in [0.5, 0.6) is 0 Å². The molecule has 2 aromatic rings. The van der Waals surface area contributed by atoms with Crippen molar-refractivity contribution in [2.75, 3.05) is 0 Å². The maximum atomic E-state index is 8.91. The van der Waals surface area contributed by atoms with E-state index < -0.39 is 0 Å². The summed E-state index contributed by atoms with van der Waals surface area (Å²) in [6, 6.07) is 5.98. The molecule has 0 aliphatic rings. The zero-order valence-corrected chi connectivity index (χ0v) is 12.0. The summed E-state index contributed by atoms with van der Waals surface area (Å²) < 4.78 is 7.39. The molecular weight excluding hydrogens is 260 g/mol. The second-order valence-electron chi connectivity index (χ2n) is 4.55. The predicted molar refractivity (Wildman–Crippen MR) is 72.9 cm³/mol. The van der Waals surface area contributed by atoms with Gasteiger partial charge in [-0.25, -0.2) is 0 Å². The predicted octanol–water partition coefficient (Wildman–Crippen LogP) is 3.05. The lowest BCUT2D eigenvalue weighted by Gasteiger charge is -2.10. The van der Waals surface area contributed by atoms with Gasteiger partial charge in [0.1, 0.15) is 11.6 Å². The molecule has 0 unspecified atom stereocenters. The fraction of sp³-hybridized carbons (Fsp3) is 0.462. The second kappa shape index (κ2) is 5.93. The van der Waals surface area contributed by atoms with Crippen LogP contribution in [0.1, 0.15) is 38.3 Å². The first kappa shape index (κ1) is 13.7. The molecule has 19 heavy (non-hydrogen) atoms. The van der Waals surface area contributed by atoms with Gasteiger partial charge in [-0.05, 0) is 19.1 Å². The summed E-state index contributed by atoms with van der Waals surface area (Å²) in [6.07, 6.45) is 1.65. The third-order valence-corrected chi connectivity index (χ3v) is 3.59. The van der Waals surface area contributed by atoms with Crippen LogP contribution in [-0.4, -0.2) is 20.0 Å². The molecule has 1 atom stereocenters. The number of thioether (sulfide) groups is 1. The fourth-order valence-corrected chi connectivity index (χ4v) is 2.45. The van der Waals surface area contributed by atoms with Crippen molar-refractivity contribution >= 4 is 11.8 Å². The van der Waals surface area contributed by atoms with Crippen LogP contribution >= 0.6 is 11.8 Å². The summed E-state index contributed by atoms with van der Waals surface area (Å²) in [5.74, 6) is 2.03. The van der Waals surface area contributed by atoms with E-state index in [4.69, 9.17) is 9.68 Å². The Morgan fingerprint density at radius 2 is 2.21 bits per heavy atom. The Hall–Kier alpha value is -1.74. The van der Waals surface area contributed by atoms with Crippen LogP contribution in [0.2, 0.25) is 0 Å². The highest BCUT2D eigenvalue weighted by atomic mass is 32.2. The van der Waals surface area contributed by atoms with Gasteiger partial charge in [0, 0.05) is 5.92 Å². The van der Waals surface area contributed by atoms with Gasteiger partial charge in [0.05, 0.1) is 24.1 Å². The Kier molecular flexibility index (Phi) is 4.27. The molecule has 2 rings (SSSR count). The van der Waals surface area contributed by atoms with Crippen molar-refractivity contribution in [2.24, 2.45) is 0 Å². The minimum Gasteiger partial charge on any atom is -0.467 e. The van der Waals surface area contributed by atoms with E-state index in [2.05, 4.69) is 30.1 Å². The molecule has 0 bridgehead atoms. The second-order valence-corrected chi connectivity index (χ2v) is 5.86. The number of nitriles is 1. The van der Waals surface area contributed by atoms with Crippen LogP contribution in [0.4, 0.5) is 0 Å². The Morgan fingerprint density at radius 1 is 1.42 bits per heavy atom. The largest absolute Gasteiger partial charge is 0.467 e. The lowest BCUT2D eigenvalue weighted by atomic mass is 10.2. The third kappa shape index (κ3) is 3.18. The van der Waals surface area contributed by atoms with Crippen LogP contribution in [0, 0.1) is 11.3 Å². The molecule has 6 heteroatoms. The molecular formula is C13H16N4OS. The van der Waals surface area contributed by atoms with Gasteiger partial charge < -0.3 is 4.42 Å². The first-order chi connectivity index (χ1) is 9.11. The third-order valence-electron chi connectivity index (χ3n) is 2.62. The fourth-order valence-electron chi connectivity index (χ4n) is 1.71. The van der Waals surface area contributed by atoms with Gasteiger partial charge in [0.25, 0.3) is 0 Å². The van der Waals surface area contributed by atoms with Crippen molar-refractivity contribution in [3.8, 4) is 6.07 Å². The standard InChI is InChI=1S/C13H16N4OS/c1-9(2)12-15-16-13(19-10(3)7-14)17(12)8-11-5-4-6-18-11/h4-6,9-10H,8H2,1-3H3/t10-/m0/s1. The van der Waals surface area contributed by atoms with Crippen molar-refractivity contribution in [1.29, 1.82) is 5.26 Å². The average molecular weight is 276 g/mol. The molecule has 0 aromatic carbocycles. The van der Waals surface area contributed by atoms with Crippen molar-refractivity contribution in [1.82, 2.24) is 14.8 Å². The molecule has 0 aliphatic heterocycles. The van der Waals surface area contributed by atoms with Gasteiger partial charge in [-0.15, -0.1) is 10.2 Å². The van der Waals surface area contributed by atoms with E-state index in [9.17, 15) is 0 Å². The highest BCUT2D eigenvalue weighted by molar-refractivity contribution is 8.00. The number of hydrogen-bond acceptors (Lipinski definition) is 5. The van der Waals surface area contributed by atoms with Crippen molar-refractivity contribution < 1.29 is 4.42 Å². The smallest absolute Gasteiger partial charge is 0.192 e. The van der Waals surface area contributed by atoms with E-state index in [0.717, 1.165) is 16.7 Å². The normalized spacial score (nSPS) is 12.6. The van der Waals surface area contributed by atoms with Crippen LogP contribution in [0.3, 0.4) is 0 Å². The quantitative estimate of drug-likeness (QED) is 0.785. The Labute approximate surface area is 116 Å². The molecule has 2 heterocycles. The maximum absolute atomic E-state index is 8.91. The van der Waals surface area contributed by atoms with Crippen LogP contribution in [0.25, 0.3) is 0 Å². The average Bonchev–Trinajstić information content (AvgIpc) is 3.00. The molecule has 0 spiro atoms. The zero-order chi connectivity index (χ0) is 13.8. The molecule has 0 amide bonds. The zero-order valence-electron chi connectivity index (χ0n) is 11.2. The van der Waals surface area contributed by atoms with E-state index in [1.54, 1.807) is 6.26 Å². The van der Waals surface area contributed by atoms with E-state index in [-0.39, 0.29) is 11.2 Å². The molecule has 100 valence electrons. The summed E-state index contributed by atoms with van der Waals surface area (Å²) >= 11 is 1.42. The molecule has 0 radical (unpaired) electrons. The number of nitrogens with zero attached hydrogens (tertiary/aromatic N) is 4. The van der Waals surface area contributed by atoms with Crippen molar-refractivity contribution in [3.05, 3.63) is 30.0 Å². The van der Waals surface area contributed by atoms with E-state index in [1.165, 1.54) is 11.8 Å². The van der Waals surface area contributed by atoms with Gasteiger partial charge in [-0.1, -0.05) is 25.6 Å². The Balaban J connectivity index is 2.31. The van der Waals surface area contributed by atoms with Crippen molar-refractivity contribution in [2.45, 2.75) is 43.6 Å². The molecule has 0 aliphatic carbocycles. The molecule has 0 N–H and O–H groups in total. The minimum atomic E-state index is -0.153. The number of aromatic nitrogens is 3. The van der Waals surface area contributed by atoms with E-state index in [0.29, 0.717) is 6.54 Å². The lowest BCUT2D eigenvalue weighted by molar-refractivity contribution is 0.475. The Bertz CT molecular complexity index is 568. The van der Waals surface area contributed by atoms with Gasteiger partial charge in [0.15, 0.2) is 5.16 Å². The number of rotatable bonds is 5. The van der Waals surface area contributed by atoms with Gasteiger partial charge in [-0.3, -0.25) is 4.57 Å². The first-order valence-electron chi connectivity index (χ1n) is 6.13. The van der Waals surface area contributed by atoms with E-state index >= 15 is 0 Å². The number of hydrogen-bond donors (Lipinski definition) is 0. The lowest BCUT2D eigenvalue weighted by Crippen LogP contribution is -2.08. The minimum absolute atomic E-state index is 0.153. The maximum Gasteiger partial charge on any atom is 0.192 e. The van der Waals surface area contributed by atoms with Crippen LogP contribution in [-0.2, 0) is 6.54 Å². The van der Waals surface area contributed by atoms with Crippen molar-refractivity contribution in [3.63, 3.8) is 0 Å². The SMILES string of the molecule is CC(C)c1nnc(S[C@@H](C)C#N)n1Cc1ccco1. The molecule has 0 fully saturated rings. The molecule has 2 aromatic heterocycles. The highest BCUT2D eigenvalue weighted by Gasteiger charge is 2.18. The highest BCUT2D eigenvalue weighted by Crippen LogP contribution is 2.25. The van der Waals surface area contributed by atoms with E-state index in [1.807, 2.05) is 23.6 Å². The molecule has 0 saturated heterocycles. The molecule has 5 nitrogen and oxygen atoms in total. The van der Waals surface area contributed by atoms with Crippen LogP contribution in [0.15, 0.2) is 28.0 Å². The van der Waals surface area contributed by atoms with Gasteiger partial charge in [0.2, 0.25) is 0 Å².